The van der Waals surface area contributed by atoms with Crippen molar-refractivity contribution in [1.29, 1.82) is 0 Å². The number of rotatable bonds is 9. The average Bonchev–Trinajstić information content (AvgIpc) is 3.28. The van der Waals surface area contributed by atoms with E-state index in [0.29, 0.717) is 28.0 Å². The first kappa shape index (κ1) is 23.0. The quantitative estimate of drug-likeness (QED) is 0.353. The number of ether oxygens (including phenoxy) is 1. The van der Waals surface area contributed by atoms with Crippen molar-refractivity contribution >= 4 is 39.1 Å². The van der Waals surface area contributed by atoms with E-state index in [4.69, 9.17) is 4.74 Å². The van der Waals surface area contributed by atoms with E-state index in [2.05, 4.69) is 36.2 Å². The smallest absolute Gasteiger partial charge is 0.418 e. The molecule has 2 aromatic heterocycles. The third kappa shape index (κ3) is 5.74. The molecule has 4 N–H and O–H groups in total. The van der Waals surface area contributed by atoms with Gasteiger partial charge in [-0.25, -0.2) is 23.7 Å². The lowest BCUT2D eigenvalue weighted by Gasteiger charge is -2.16. The number of aliphatic hydroxyl groups excluding tert-OH is 1. The first-order valence-corrected chi connectivity index (χ1v) is 11.5. The van der Waals surface area contributed by atoms with Crippen LogP contribution in [0.25, 0.3) is 5.69 Å². The van der Waals surface area contributed by atoms with Crippen molar-refractivity contribution in [3.05, 3.63) is 49.2 Å². The third-order valence-corrected chi connectivity index (χ3v) is 5.75. The van der Waals surface area contributed by atoms with Gasteiger partial charge in [-0.05, 0) is 44.0 Å². The molecule has 1 aromatic carbocycles. The normalized spacial score (nSPS) is 13.6. The predicted molar refractivity (Wildman–Crippen MR) is 123 cm³/mol. The van der Waals surface area contributed by atoms with Crippen molar-refractivity contribution in [2.75, 3.05) is 23.8 Å². The molecule has 3 rings (SSSR count). The molecular formula is C20H25N7O4S. The largest absolute Gasteiger partial charge is 0.449 e. The molecule has 1 amide bonds. The molecule has 0 saturated heterocycles. The molecule has 32 heavy (non-hydrogen) atoms. The molecule has 0 aliphatic carbocycles. The molecular weight excluding hydrogens is 434 g/mol. The van der Waals surface area contributed by atoms with Gasteiger partial charge in [-0.15, -0.1) is 0 Å². The van der Waals surface area contributed by atoms with Gasteiger partial charge in [-0.2, -0.15) is 4.98 Å². The van der Waals surface area contributed by atoms with Gasteiger partial charge in [0.05, 0.1) is 35.4 Å². The molecule has 0 bridgehead atoms. The number of carbonyl (C=O) groups excluding carboxylic acids is 1. The Morgan fingerprint density at radius 1 is 1.34 bits per heavy atom. The number of aliphatic hydroxyl groups is 1. The monoisotopic (exact) mass is 459 g/mol. The highest BCUT2D eigenvalue weighted by molar-refractivity contribution is 7.99. The summed E-state index contributed by atoms with van der Waals surface area (Å²) in [4.78, 5) is 24.8. The maximum absolute atomic E-state index is 12.7. The Hall–Kier alpha value is -3.64. The molecule has 0 fully saturated rings. The summed E-state index contributed by atoms with van der Waals surface area (Å²) in [7, 11) is -3.05. The summed E-state index contributed by atoms with van der Waals surface area (Å²) in [5, 5.41) is 15.6. The van der Waals surface area contributed by atoms with Crippen LogP contribution in [0, 0.1) is 0 Å². The molecule has 170 valence electrons. The minimum Gasteiger partial charge on any atom is -0.449 e. The van der Waals surface area contributed by atoms with Gasteiger partial charge in [-0.1, -0.05) is 0 Å². The van der Waals surface area contributed by atoms with Gasteiger partial charge in [0.2, 0.25) is 5.95 Å². The summed E-state index contributed by atoms with van der Waals surface area (Å²) in [6, 6.07) is 6.28. The van der Waals surface area contributed by atoms with Gasteiger partial charge in [0.25, 0.3) is 0 Å². The van der Waals surface area contributed by atoms with Crippen LogP contribution in [-0.2, 0) is 14.4 Å². The summed E-state index contributed by atoms with van der Waals surface area (Å²) >= 11 is 0. The number of benzene rings is 1. The number of nitrogens with zero attached hydrogens (tertiary/aromatic N) is 4. The molecule has 0 spiro atoms. The summed E-state index contributed by atoms with van der Waals surface area (Å²) in [6.07, 6.45) is 5.87. The van der Waals surface area contributed by atoms with E-state index < -0.39 is 15.8 Å². The maximum atomic E-state index is 12.7. The predicted octanol–water partition coefficient (Wildman–Crippen LogP) is 1.93. The second kappa shape index (κ2) is 10.1. The van der Waals surface area contributed by atoms with E-state index >= 15 is 0 Å². The van der Waals surface area contributed by atoms with Crippen LogP contribution in [-0.4, -0.2) is 60.1 Å². The Kier molecular flexibility index (Phi) is 7.28. The number of hydrogen-bond donors (Lipinski definition) is 4. The minimum atomic E-state index is -3.05. The van der Waals surface area contributed by atoms with Crippen LogP contribution < -0.4 is 15.4 Å². The van der Waals surface area contributed by atoms with Crippen LogP contribution in [0.3, 0.4) is 0 Å². The molecule has 11 nitrogen and oxygen atoms in total. The van der Waals surface area contributed by atoms with Crippen LogP contribution in [0.1, 0.15) is 13.8 Å². The molecule has 12 heteroatoms. The summed E-state index contributed by atoms with van der Waals surface area (Å²) in [5.74, 6) is 4.42. The molecule has 0 radical (unpaired) electrons. The van der Waals surface area contributed by atoms with Gasteiger partial charge in [-0.3, -0.25) is 0 Å². The lowest BCUT2D eigenvalue weighted by Crippen LogP contribution is -2.30. The highest BCUT2D eigenvalue weighted by atomic mass is 32.2. The zero-order chi connectivity index (χ0) is 23.1. The molecule has 2 atom stereocenters. The number of imidazole rings is 1. The van der Waals surface area contributed by atoms with Crippen LogP contribution in [0.2, 0.25) is 0 Å². The lowest BCUT2D eigenvalue weighted by molar-refractivity contribution is 0.159. The van der Waals surface area contributed by atoms with E-state index in [0.717, 1.165) is 0 Å². The van der Waals surface area contributed by atoms with Gasteiger partial charge in [0, 0.05) is 29.0 Å². The van der Waals surface area contributed by atoms with Crippen molar-refractivity contribution in [1.82, 2.24) is 24.2 Å². The SMILES string of the molecule is C=S(=O)(NC(=O)OCC)c1ccc(Nc2ncc(-n3ccnc3)c(N[C@H](C)CO)n2)cc1. The molecule has 2 heterocycles. The zero-order valence-electron chi connectivity index (χ0n) is 17.7. The Morgan fingerprint density at radius 2 is 2.09 bits per heavy atom. The van der Waals surface area contributed by atoms with E-state index in [9.17, 15) is 14.1 Å². The van der Waals surface area contributed by atoms with E-state index in [-0.39, 0.29) is 19.3 Å². The molecule has 0 aliphatic rings. The average molecular weight is 460 g/mol. The maximum Gasteiger partial charge on any atom is 0.418 e. The van der Waals surface area contributed by atoms with Gasteiger partial charge >= 0.3 is 6.09 Å². The van der Waals surface area contributed by atoms with E-state index in [1.807, 2.05) is 6.92 Å². The topological polar surface area (TPSA) is 143 Å². The van der Waals surface area contributed by atoms with Crippen molar-refractivity contribution in [3.8, 4) is 5.69 Å². The Bertz CT molecular complexity index is 1150. The molecule has 3 aromatic rings. The van der Waals surface area contributed by atoms with Crippen LogP contribution in [0.15, 0.2) is 54.1 Å². The van der Waals surface area contributed by atoms with Crippen molar-refractivity contribution < 1.29 is 18.8 Å². The fourth-order valence-electron chi connectivity index (χ4n) is 2.65. The minimum absolute atomic E-state index is 0.0677. The highest BCUT2D eigenvalue weighted by Gasteiger charge is 2.14. The fourth-order valence-corrected chi connectivity index (χ4v) is 3.67. The van der Waals surface area contributed by atoms with Crippen LogP contribution in [0.5, 0.6) is 0 Å². The number of anilines is 3. The first-order valence-electron chi connectivity index (χ1n) is 9.74. The fraction of sp³-hybridized carbons (Fsp3) is 0.250. The molecule has 1 unspecified atom stereocenters. The van der Waals surface area contributed by atoms with Crippen molar-refractivity contribution in [3.63, 3.8) is 0 Å². The van der Waals surface area contributed by atoms with Gasteiger partial charge in [0.15, 0.2) is 5.82 Å². The number of aromatic nitrogens is 4. The Balaban J connectivity index is 1.79. The first-order chi connectivity index (χ1) is 15.3. The second-order valence-electron chi connectivity index (χ2n) is 6.77. The van der Waals surface area contributed by atoms with E-state index in [1.165, 1.54) is 0 Å². The standard InChI is InChI=1S/C20H25N7O4S/c1-4-31-20(29)26-32(3,30)16-7-5-15(6-8-16)24-19-22-11-17(27-10-9-21-13-27)18(25-19)23-14(2)12-28/h5-11,13-14,28H,3-4,12H2,1-2H3,(H,26,29,30)(H2,22,23,24,25)/t14-,32?/m1/s1. The van der Waals surface area contributed by atoms with Crippen LogP contribution in [0.4, 0.5) is 22.2 Å². The number of amides is 1. The summed E-state index contributed by atoms with van der Waals surface area (Å²) < 4.78 is 21.4. The zero-order valence-corrected chi connectivity index (χ0v) is 18.5. The molecule has 0 saturated carbocycles. The third-order valence-electron chi connectivity index (χ3n) is 4.22. The lowest BCUT2D eigenvalue weighted by atomic mass is 10.3. The second-order valence-corrected chi connectivity index (χ2v) is 8.80. The van der Waals surface area contributed by atoms with Crippen molar-refractivity contribution in [2.24, 2.45) is 0 Å². The Labute approximate surface area is 186 Å². The Morgan fingerprint density at radius 3 is 2.72 bits per heavy atom. The number of hydrogen-bond acceptors (Lipinski definition) is 9. The summed E-state index contributed by atoms with van der Waals surface area (Å²) in [6.45, 7) is 3.58. The van der Waals surface area contributed by atoms with Crippen LogP contribution >= 0.6 is 0 Å². The van der Waals surface area contributed by atoms with Gasteiger partial charge < -0.3 is 25.0 Å². The van der Waals surface area contributed by atoms with E-state index in [1.54, 1.807) is 60.7 Å². The highest BCUT2D eigenvalue weighted by Crippen LogP contribution is 2.22. The number of carbonyl (C=O) groups is 1. The van der Waals surface area contributed by atoms with Gasteiger partial charge in [0.1, 0.15) is 5.69 Å². The molecule has 0 aliphatic heterocycles. The number of nitrogens with one attached hydrogen (secondary N) is 3. The summed E-state index contributed by atoms with van der Waals surface area (Å²) in [5.41, 5.74) is 1.31. The van der Waals surface area contributed by atoms with Crippen molar-refractivity contribution in [2.45, 2.75) is 24.8 Å².